The molecule has 41 heavy (non-hydrogen) atoms. The highest BCUT2D eigenvalue weighted by Gasteiger charge is 2.43. The van der Waals surface area contributed by atoms with E-state index in [9.17, 15) is 33.5 Å². The predicted octanol–water partition coefficient (Wildman–Crippen LogP) is 1.92. The number of hydrogen-bond donors (Lipinski definition) is 4. The van der Waals surface area contributed by atoms with E-state index in [0.717, 1.165) is 0 Å². The van der Waals surface area contributed by atoms with Gasteiger partial charge in [0.2, 0.25) is 23.6 Å². The third-order valence-electron chi connectivity index (χ3n) is 8.24. The molecule has 5 atom stereocenters. The van der Waals surface area contributed by atoms with Crippen LogP contribution in [-0.2, 0) is 30.4 Å². The Balaban J connectivity index is 1.81. The van der Waals surface area contributed by atoms with Crippen LogP contribution in [0.25, 0.3) is 0 Å². The van der Waals surface area contributed by atoms with Crippen molar-refractivity contribution in [2.45, 2.75) is 115 Å². The Hall–Kier alpha value is -3.34. The molecule has 1 aromatic rings. The second kappa shape index (κ2) is 14.5. The summed E-state index contributed by atoms with van der Waals surface area (Å²) in [6.45, 7) is 5.32. The summed E-state index contributed by atoms with van der Waals surface area (Å²) in [6, 6.07) is 3.14. The number of hydrogen-bond acceptors (Lipinski definition) is 6. The number of carbonyl (C=O) groups excluding carboxylic acids is 5. The van der Waals surface area contributed by atoms with Crippen LogP contribution in [0.4, 0.5) is 4.39 Å². The maximum atomic E-state index is 14.5. The first kappa shape index (κ1) is 32.2. The van der Waals surface area contributed by atoms with E-state index in [1.807, 2.05) is 0 Å². The molecule has 226 valence electrons. The van der Waals surface area contributed by atoms with Gasteiger partial charge in [-0.05, 0) is 57.1 Å². The predicted molar refractivity (Wildman–Crippen MR) is 150 cm³/mol. The number of amides is 4. The summed E-state index contributed by atoms with van der Waals surface area (Å²) < 4.78 is 14.5. The highest BCUT2D eigenvalue weighted by Crippen LogP contribution is 2.23. The molecule has 2 fully saturated rings. The number of aliphatic hydroxyl groups is 1. The molecule has 0 spiro atoms. The smallest absolute Gasteiger partial charge is 0.246 e. The van der Waals surface area contributed by atoms with Crippen LogP contribution in [0.3, 0.4) is 0 Å². The van der Waals surface area contributed by atoms with Gasteiger partial charge < -0.3 is 26.0 Å². The number of rotatable bonds is 11. The maximum Gasteiger partial charge on any atom is 0.246 e. The van der Waals surface area contributed by atoms with Gasteiger partial charge in [-0.2, -0.15) is 0 Å². The average molecular weight is 575 g/mol. The lowest BCUT2D eigenvalue weighted by Gasteiger charge is -2.36. The van der Waals surface area contributed by atoms with Crippen molar-refractivity contribution < 1.29 is 33.5 Å². The van der Waals surface area contributed by atoms with E-state index < -0.39 is 59.2 Å². The van der Waals surface area contributed by atoms with Crippen molar-refractivity contribution in [2.75, 3.05) is 6.54 Å². The molecule has 1 unspecified atom stereocenters. The summed E-state index contributed by atoms with van der Waals surface area (Å²) in [5.74, 6) is -2.73. The topological polar surface area (TPSA) is 145 Å². The Kier molecular flexibility index (Phi) is 11.4. The largest absolute Gasteiger partial charge is 0.385 e. The molecule has 1 aromatic carbocycles. The molecule has 4 N–H and O–H groups in total. The lowest BCUT2D eigenvalue weighted by atomic mass is 9.94. The molecule has 0 radical (unpaired) electrons. The molecule has 0 aliphatic carbocycles. The summed E-state index contributed by atoms with van der Waals surface area (Å²) in [5, 5.41) is 18.0. The monoisotopic (exact) mass is 574 g/mol. The lowest BCUT2D eigenvalue weighted by molar-refractivity contribution is -0.144. The van der Waals surface area contributed by atoms with Gasteiger partial charge >= 0.3 is 0 Å². The molecule has 2 heterocycles. The Morgan fingerprint density at radius 3 is 2.49 bits per heavy atom. The van der Waals surface area contributed by atoms with E-state index in [1.54, 1.807) is 32.9 Å². The number of halogens is 1. The number of carbonyl (C=O) groups is 5. The van der Waals surface area contributed by atoms with Gasteiger partial charge in [-0.25, -0.2) is 4.39 Å². The molecule has 2 aliphatic rings. The fraction of sp³-hybridized carbons (Fsp3) is 0.633. The zero-order chi connectivity index (χ0) is 30.2. The molecule has 2 saturated heterocycles. The van der Waals surface area contributed by atoms with Crippen LogP contribution in [0.15, 0.2) is 24.3 Å². The summed E-state index contributed by atoms with van der Waals surface area (Å²) in [6.07, 6.45) is 2.68. The Labute approximate surface area is 240 Å². The zero-order valence-electron chi connectivity index (χ0n) is 24.2. The van der Waals surface area contributed by atoms with E-state index in [1.165, 1.54) is 17.0 Å². The normalized spacial score (nSPS) is 26.3. The SMILES string of the molecule is CC[C@@H](O)C(=O)CCCCC[C@@H]1NC(=O)C2CCCN2C(=O)[C@H](Cc2ccccc2F)NC(=O)[C@](C)(CC)NC1=O. The van der Waals surface area contributed by atoms with E-state index in [2.05, 4.69) is 16.0 Å². The standard InChI is InChI=1S/C30H43FN4O6/c1-4-24(36)25(37)16-8-6-7-14-21-26(38)34-30(3,5-2)29(41)33-22(18-19-12-9-10-13-20(19)31)28(40)35-17-11-15-23(35)27(39)32-21/h9-10,12-13,21-24,36H,4-8,11,14-18H2,1-3H3,(H,32,39)(H,33,41)(H,34,38)/t21-,22-,23?,24+,30-/m0/s1. The fourth-order valence-corrected chi connectivity index (χ4v) is 5.32. The molecule has 0 saturated carbocycles. The third-order valence-corrected chi connectivity index (χ3v) is 8.24. The van der Waals surface area contributed by atoms with Crippen molar-refractivity contribution in [3.8, 4) is 0 Å². The molecule has 0 aromatic heterocycles. The van der Waals surface area contributed by atoms with Crippen LogP contribution in [0.1, 0.15) is 84.1 Å². The first-order valence-corrected chi connectivity index (χ1v) is 14.7. The van der Waals surface area contributed by atoms with Gasteiger partial charge in [0.05, 0.1) is 0 Å². The highest BCUT2D eigenvalue weighted by atomic mass is 19.1. The Morgan fingerprint density at radius 2 is 1.80 bits per heavy atom. The Morgan fingerprint density at radius 1 is 1.07 bits per heavy atom. The third kappa shape index (κ3) is 8.12. The van der Waals surface area contributed by atoms with E-state index in [4.69, 9.17) is 0 Å². The summed E-state index contributed by atoms with van der Waals surface area (Å²) in [5.41, 5.74) is -1.13. The van der Waals surface area contributed by atoms with Crippen LogP contribution >= 0.6 is 0 Å². The van der Waals surface area contributed by atoms with E-state index >= 15 is 0 Å². The first-order chi connectivity index (χ1) is 19.5. The molecule has 11 heteroatoms. The van der Waals surface area contributed by atoms with Crippen LogP contribution in [0.5, 0.6) is 0 Å². The molecular weight excluding hydrogens is 531 g/mol. The average Bonchev–Trinajstić information content (AvgIpc) is 3.45. The minimum absolute atomic E-state index is 0.101. The van der Waals surface area contributed by atoms with Gasteiger partial charge in [-0.1, -0.05) is 44.9 Å². The van der Waals surface area contributed by atoms with Crippen molar-refractivity contribution >= 4 is 29.4 Å². The highest BCUT2D eigenvalue weighted by molar-refractivity contribution is 5.99. The number of unbranched alkanes of at least 4 members (excludes halogenated alkanes) is 2. The number of benzene rings is 1. The summed E-state index contributed by atoms with van der Waals surface area (Å²) >= 11 is 0. The molecular formula is C30H43FN4O6. The molecule has 2 aliphatic heterocycles. The van der Waals surface area contributed by atoms with Gasteiger partial charge in [-0.3, -0.25) is 24.0 Å². The molecule has 3 rings (SSSR count). The lowest BCUT2D eigenvalue weighted by Crippen LogP contribution is -2.65. The molecule has 4 amide bonds. The fourth-order valence-electron chi connectivity index (χ4n) is 5.32. The van der Waals surface area contributed by atoms with Crippen molar-refractivity contribution in [1.29, 1.82) is 0 Å². The maximum absolute atomic E-state index is 14.5. The second-order valence-electron chi connectivity index (χ2n) is 11.2. The van der Waals surface area contributed by atoms with Gasteiger partial charge in [0, 0.05) is 19.4 Å². The number of nitrogens with one attached hydrogen (secondary N) is 3. The summed E-state index contributed by atoms with van der Waals surface area (Å²) in [7, 11) is 0. The second-order valence-corrected chi connectivity index (χ2v) is 11.2. The van der Waals surface area contributed by atoms with Crippen molar-refractivity contribution in [1.82, 2.24) is 20.9 Å². The van der Waals surface area contributed by atoms with Crippen LogP contribution in [0, 0.1) is 5.82 Å². The van der Waals surface area contributed by atoms with Gasteiger partial charge in [0.25, 0.3) is 0 Å². The first-order valence-electron chi connectivity index (χ1n) is 14.7. The van der Waals surface area contributed by atoms with Crippen LogP contribution < -0.4 is 16.0 Å². The number of aliphatic hydroxyl groups excluding tert-OH is 1. The van der Waals surface area contributed by atoms with E-state index in [-0.39, 0.29) is 37.0 Å². The zero-order valence-corrected chi connectivity index (χ0v) is 24.2. The van der Waals surface area contributed by atoms with Gasteiger partial charge in [0.15, 0.2) is 5.78 Å². The minimum Gasteiger partial charge on any atom is -0.385 e. The van der Waals surface area contributed by atoms with Crippen LogP contribution in [-0.4, -0.2) is 75.7 Å². The number of nitrogens with zero attached hydrogens (tertiary/aromatic N) is 1. The van der Waals surface area contributed by atoms with E-state index in [0.29, 0.717) is 45.1 Å². The number of fused-ring (bicyclic) bond motifs is 1. The van der Waals surface area contributed by atoms with Gasteiger partial charge in [-0.15, -0.1) is 0 Å². The van der Waals surface area contributed by atoms with Crippen molar-refractivity contribution in [3.05, 3.63) is 35.6 Å². The van der Waals surface area contributed by atoms with Crippen LogP contribution in [0.2, 0.25) is 0 Å². The molecule has 0 bridgehead atoms. The Bertz CT molecular complexity index is 1130. The van der Waals surface area contributed by atoms with Crippen molar-refractivity contribution in [3.63, 3.8) is 0 Å². The minimum atomic E-state index is -1.39. The number of ketones is 1. The van der Waals surface area contributed by atoms with Gasteiger partial charge in [0.1, 0.15) is 35.6 Å². The number of Topliss-reactive ketones (excluding diaryl/α,β-unsaturated/α-hetero) is 1. The van der Waals surface area contributed by atoms with Crippen molar-refractivity contribution in [2.24, 2.45) is 0 Å². The molecule has 10 nitrogen and oxygen atoms in total. The summed E-state index contributed by atoms with van der Waals surface area (Å²) in [4.78, 5) is 67.5. The quantitative estimate of drug-likeness (QED) is 0.297.